The monoisotopic (exact) mass is 440 g/mol. The maximum Gasteiger partial charge on any atom is -0.0771 e. The van der Waals surface area contributed by atoms with Crippen molar-refractivity contribution in [3.63, 3.8) is 0 Å². The number of nitro groups is 1. The van der Waals surface area contributed by atoms with Crippen LogP contribution in [0.25, 0.3) is 11.1 Å². The van der Waals surface area contributed by atoms with E-state index in [9.17, 15) is 10.1 Å². The van der Waals surface area contributed by atoms with Crippen LogP contribution in [0.4, 0.5) is 5.69 Å². The van der Waals surface area contributed by atoms with Crippen molar-refractivity contribution in [2.75, 3.05) is 0 Å². The molecular weight excluding hydrogens is 428 g/mol. The summed E-state index contributed by atoms with van der Waals surface area (Å²) < 4.78 is 0. The van der Waals surface area contributed by atoms with E-state index in [4.69, 9.17) is 22.1 Å². The zero-order valence-electron chi connectivity index (χ0n) is 12.5. The first-order valence-corrected chi connectivity index (χ1v) is 13.1. The number of halogens is 2. The number of hydrogen-bond donors (Lipinski definition) is 1. The minimum atomic E-state index is -0.826. The van der Waals surface area contributed by atoms with Crippen molar-refractivity contribution in [3.05, 3.63) is 89.0 Å². The summed E-state index contributed by atoms with van der Waals surface area (Å²) in [6, 6.07) is 24.3. The Morgan fingerprint density at radius 1 is 0.917 bits per heavy atom. The maximum atomic E-state index is 10.1. The van der Waals surface area contributed by atoms with E-state index in [2.05, 4.69) is 48.5 Å². The molecule has 0 amide bonds. The molecule has 3 aromatic carbocycles. The number of nitro benzene ring substituents is 1. The average Bonchev–Trinajstić information content (AvgIpc) is 3.12. The Labute approximate surface area is 158 Å². The van der Waals surface area contributed by atoms with Crippen LogP contribution in [0.15, 0.2) is 78.9 Å². The molecule has 0 heterocycles. The predicted molar refractivity (Wildman–Crippen MR) is 93.9 cm³/mol. The molecule has 0 unspecified atom stereocenters. The van der Waals surface area contributed by atoms with Crippen LogP contribution in [0.5, 0.6) is 5.75 Å². The van der Waals surface area contributed by atoms with Crippen LogP contribution in [0.3, 0.4) is 0 Å². The van der Waals surface area contributed by atoms with Crippen molar-refractivity contribution in [1.29, 1.82) is 0 Å². The van der Waals surface area contributed by atoms with E-state index in [1.54, 1.807) is 0 Å². The fourth-order valence-corrected chi connectivity index (χ4v) is 1.82. The van der Waals surface area contributed by atoms with Crippen molar-refractivity contribution in [3.8, 4) is 16.9 Å². The second kappa shape index (κ2) is 11.9. The average molecular weight is 442 g/mol. The van der Waals surface area contributed by atoms with E-state index in [0.29, 0.717) is 0 Å². The van der Waals surface area contributed by atoms with E-state index in [1.165, 1.54) is 35.4 Å². The summed E-state index contributed by atoms with van der Waals surface area (Å²) in [5.41, 5.74) is 2.32. The zero-order valence-corrected chi connectivity index (χ0v) is 16.4. The number of aromatic hydroxyl groups is 1. The molecule has 0 saturated carbocycles. The zero-order chi connectivity index (χ0) is 17.8. The smallest absolute Gasteiger partial charge is 0.0771 e. The summed E-state index contributed by atoms with van der Waals surface area (Å²) in [5, 5.41) is 18.9. The third-order valence-corrected chi connectivity index (χ3v) is 2.85. The molecule has 0 bridgehead atoms. The van der Waals surface area contributed by atoms with Crippen LogP contribution in [0.1, 0.15) is 0 Å². The summed E-state index contributed by atoms with van der Waals surface area (Å²) in [4.78, 5) is 9.44. The van der Waals surface area contributed by atoms with Gasteiger partial charge in [-0.05, 0) is 6.07 Å². The van der Waals surface area contributed by atoms with Gasteiger partial charge in [0.15, 0.2) is 5.75 Å². The van der Waals surface area contributed by atoms with Crippen LogP contribution >= 0.6 is 17.0 Å². The number of phenolic OH excluding ortho intramolecular Hbond substituents is 1. The quantitative estimate of drug-likeness (QED) is 0.312. The van der Waals surface area contributed by atoms with Crippen molar-refractivity contribution in [2.45, 2.75) is 0 Å². The van der Waals surface area contributed by atoms with Crippen LogP contribution in [-0.4, -0.2) is 10.0 Å². The molecular formula is C17H14Cl2NO3Zr-. The molecule has 0 saturated heterocycles. The Morgan fingerprint density at radius 2 is 1.42 bits per heavy atom. The number of hydrogen-bond acceptors (Lipinski definition) is 3. The summed E-state index contributed by atoms with van der Waals surface area (Å²) in [5.74, 6) is -0.299. The fourth-order valence-electron chi connectivity index (χ4n) is 1.82. The normalized spacial score (nSPS) is 8.92. The van der Waals surface area contributed by atoms with Gasteiger partial charge in [0.05, 0.1) is 4.92 Å². The van der Waals surface area contributed by atoms with Crippen molar-refractivity contribution >= 4 is 22.7 Å². The molecule has 0 fully saturated rings. The van der Waals surface area contributed by atoms with Crippen LogP contribution in [-0.2, 0) is 20.8 Å². The summed E-state index contributed by atoms with van der Waals surface area (Å²) in [6.07, 6.45) is 0. The van der Waals surface area contributed by atoms with Gasteiger partial charge in [-0.15, -0.1) is 29.8 Å². The van der Waals surface area contributed by atoms with Gasteiger partial charge in [0.1, 0.15) is 0 Å². The minimum absolute atomic E-state index is 0.262. The number of benzene rings is 2. The number of para-hydroxylation sites is 2. The van der Waals surface area contributed by atoms with E-state index in [1.807, 2.05) is 6.07 Å². The fraction of sp³-hybridized carbons (Fsp3) is 0. The largest absolute Gasteiger partial charge is 0.152 e. The molecule has 0 spiro atoms. The van der Waals surface area contributed by atoms with Crippen molar-refractivity contribution in [2.24, 2.45) is 0 Å². The summed E-state index contributed by atoms with van der Waals surface area (Å²) in [7, 11) is 9.87. The maximum absolute atomic E-state index is 10.1. The molecule has 4 nitrogen and oxygen atoms in total. The molecule has 0 aliphatic heterocycles. The van der Waals surface area contributed by atoms with Gasteiger partial charge >= 0.3 is 43.6 Å². The van der Waals surface area contributed by atoms with Crippen molar-refractivity contribution < 1.29 is 30.9 Å². The predicted octanol–water partition coefficient (Wildman–Crippen LogP) is 5.75. The first kappa shape index (κ1) is 20.5. The van der Waals surface area contributed by atoms with Gasteiger partial charge in [-0.3, -0.25) is 10.1 Å². The number of phenols is 1. The second-order valence-corrected chi connectivity index (χ2v) is 8.09. The Balaban J connectivity index is 0.000000208. The van der Waals surface area contributed by atoms with Crippen LogP contribution in [0.2, 0.25) is 0 Å². The first-order valence-electron chi connectivity index (χ1n) is 6.76. The van der Waals surface area contributed by atoms with Gasteiger partial charge in [0.2, 0.25) is 0 Å². The Hall–Kier alpha value is -1.55. The standard InChI is InChI=1S/C11H9.C6H5NO3.2ClH.Zr/c1-2-6-10(7-3-1)11-8-4-5-9-11;8-6-4-2-1-3-5(6)7(9)10;;;/h1-9H;1-4,8H;2*1H;/q-1;;;;+2/p-2. The molecule has 0 atom stereocenters. The Bertz CT molecular complexity index is 722. The molecule has 3 aromatic rings. The number of nitrogens with zero attached hydrogens (tertiary/aromatic N) is 1. The topological polar surface area (TPSA) is 63.4 Å². The van der Waals surface area contributed by atoms with Gasteiger partial charge in [-0.1, -0.05) is 35.9 Å². The van der Waals surface area contributed by atoms with Crippen LogP contribution in [0, 0.1) is 10.1 Å². The van der Waals surface area contributed by atoms with E-state index < -0.39 is 25.8 Å². The molecule has 24 heavy (non-hydrogen) atoms. The molecule has 124 valence electrons. The van der Waals surface area contributed by atoms with Crippen molar-refractivity contribution in [1.82, 2.24) is 0 Å². The van der Waals surface area contributed by atoms with Crippen LogP contribution < -0.4 is 0 Å². The third kappa shape index (κ3) is 7.35. The third-order valence-electron chi connectivity index (χ3n) is 2.85. The number of rotatable bonds is 2. The Morgan fingerprint density at radius 3 is 1.88 bits per heavy atom. The van der Waals surface area contributed by atoms with Gasteiger partial charge < -0.3 is 5.11 Å². The molecule has 0 aliphatic carbocycles. The van der Waals surface area contributed by atoms with Gasteiger partial charge in [-0.25, -0.2) is 0 Å². The second-order valence-electron chi connectivity index (χ2n) is 4.36. The molecule has 0 radical (unpaired) electrons. The molecule has 0 aliphatic rings. The minimum Gasteiger partial charge on any atom is -0.152 e. The molecule has 7 heteroatoms. The summed E-state index contributed by atoms with van der Waals surface area (Å²) in [6.45, 7) is 0. The summed E-state index contributed by atoms with van der Waals surface area (Å²) >= 11 is -0.826. The first-order chi connectivity index (χ1) is 11.6. The van der Waals surface area contributed by atoms with Gasteiger partial charge in [-0.2, -0.15) is 12.1 Å². The van der Waals surface area contributed by atoms with E-state index in [0.717, 1.165) is 0 Å². The van der Waals surface area contributed by atoms with E-state index in [-0.39, 0.29) is 11.4 Å². The van der Waals surface area contributed by atoms with Gasteiger partial charge in [0.25, 0.3) is 0 Å². The molecule has 0 aromatic heterocycles. The molecule has 3 rings (SSSR count). The molecule has 1 N–H and O–H groups in total. The Kier molecular flexibility index (Phi) is 10.2. The van der Waals surface area contributed by atoms with E-state index >= 15 is 0 Å². The van der Waals surface area contributed by atoms with Gasteiger partial charge in [0, 0.05) is 6.07 Å². The SMILES string of the molecule is O=[N+]([O-])c1ccccc1O.[Cl][Zr][Cl].c1ccc(-[c-]2cccc2)cc1.